The van der Waals surface area contributed by atoms with Gasteiger partial charge in [0.1, 0.15) is 11.5 Å². The van der Waals surface area contributed by atoms with Crippen molar-refractivity contribution in [1.82, 2.24) is 0 Å². The Bertz CT molecular complexity index is 888. The van der Waals surface area contributed by atoms with Crippen LogP contribution in [-0.2, 0) is 16.8 Å². The molecular weight excluding hydrogens is 356 g/mol. The highest BCUT2D eigenvalue weighted by molar-refractivity contribution is 6.31. The maximum absolute atomic E-state index is 6.14. The molecule has 2 nitrogen and oxygen atoms in total. The van der Waals surface area contributed by atoms with Crippen LogP contribution in [0.4, 0.5) is 0 Å². The first-order valence-electron chi connectivity index (χ1n) is 9.10. The topological polar surface area (TPSA) is 18.5 Å². The molecule has 3 aromatic carbocycles. The number of benzene rings is 3. The molecule has 0 aromatic heterocycles. The van der Waals surface area contributed by atoms with E-state index in [0.717, 1.165) is 27.6 Å². The van der Waals surface area contributed by atoms with Crippen LogP contribution < -0.4 is 4.74 Å². The molecule has 0 bridgehead atoms. The summed E-state index contributed by atoms with van der Waals surface area (Å²) in [6.07, 6.45) is 0. The highest BCUT2D eigenvalue weighted by atomic mass is 35.5. The lowest BCUT2D eigenvalue weighted by atomic mass is 9.85. The molecule has 0 N–H and O–H groups in total. The fourth-order valence-electron chi connectivity index (χ4n) is 2.90. The zero-order valence-corrected chi connectivity index (χ0v) is 16.8. The third kappa shape index (κ3) is 5.35. The van der Waals surface area contributed by atoms with Crippen LogP contribution >= 0.6 is 11.6 Å². The fraction of sp³-hybridized carbons (Fsp3) is 0.250. The van der Waals surface area contributed by atoms with E-state index >= 15 is 0 Å². The molecule has 3 rings (SSSR count). The number of hydrogen-bond acceptors (Lipinski definition) is 2. The van der Waals surface area contributed by atoms with E-state index in [1.54, 1.807) is 0 Å². The molecule has 0 saturated heterocycles. The van der Waals surface area contributed by atoms with E-state index in [-0.39, 0.29) is 5.41 Å². The van der Waals surface area contributed by atoms with Gasteiger partial charge >= 0.3 is 0 Å². The molecule has 0 aliphatic rings. The number of aryl methyl sites for hydroxylation is 1. The Hall–Kier alpha value is -2.29. The molecule has 0 atom stereocenters. The number of para-hydroxylation sites is 1. The smallest absolute Gasteiger partial charge is 0.127 e. The summed E-state index contributed by atoms with van der Waals surface area (Å²) >= 11 is 6.14. The lowest BCUT2D eigenvalue weighted by molar-refractivity contribution is 0.0824. The fourth-order valence-corrected chi connectivity index (χ4v) is 3.01. The van der Waals surface area contributed by atoms with Crippen LogP contribution in [0.5, 0.6) is 11.5 Å². The van der Waals surface area contributed by atoms with Gasteiger partial charge in [-0.25, -0.2) is 0 Å². The van der Waals surface area contributed by atoms with Gasteiger partial charge in [-0.3, -0.25) is 0 Å². The largest absolute Gasteiger partial charge is 0.457 e. The van der Waals surface area contributed by atoms with Crippen LogP contribution in [0.15, 0.2) is 72.8 Å². The third-order valence-corrected chi connectivity index (χ3v) is 4.97. The van der Waals surface area contributed by atoms with Gasteiger partial charge in [0.25, 0.3) is 0 Å². The minimum atomic E-state index is -0.0898. The monoisotopic (exact) mass is 380 g/mol. The first kappa shape index (κ1) is 19.5. The Morgan fingerprint density at radius 2 is 1.59 bits per heavy atom. The molecular formula is C24H25ClO2. The summed E-state index contributed by atoms with van der Waals surface area (Å²) in [7, 11) is 0. The van der Waals surface area contributed by atoms with E-state index in [1.807, 2.05) is 61.5 Å². The molecule has 0 spiro atoms. The predicted octanol–water partition coefficient (Wildman–Crippen LogP) is 6.94. The lowest BCUT2D eigenvalue weighted by Crippen LogP contribution is -2.24. The summed E-state index contributed by atoms with van der Waals surface area (Å²) in [6.45, 7) is 7.57. The summed E-state index contributed by atoms with van der Waals surface area (Å²) in [5.41, 5.74) is 3.32. The second-order valence-corrected chi connectivity index (χ2v) is 7.81. The molecule has 0 saturated carbocycles. The Balaban J connectivity index is 1.59. The normalized spacial score (nSPS) is 11.4. The molecule has 0 fully saturated rings. The molecule has 27 heavy (non-hydrogen) atoms. The second-order valence-electron chi connectivity index (χ2n) is 7.40. The quantitative estimate of drug-likeness (QED) is 0.442. The van der Waals surface area contributed by atoms with Crippen LogP contribution in [-0.4, -0.2) is 6.61 Å². The van der Waals surface area contributed by atoms with E-state index in [4.69, 9.17) is 21.1 Å². The van der Waals surface area contributed by atoms with Gasteiger partial charge < -0.3 is 9.47 Å². The van der Waals surface area contributed by atoms with Crippen molar-refractivity contribution in [2.24, 2.45) is 0 Å². The second kappa shape index (κ2) is 8.60. The first-order chi connectivity index (χ1) is 12.9. The van der Waals surface area contributed by atoms with Crippen LogP contribution in [0.2, 0.25) is 5.02 Å². The Kier molecular flexibility index (Phi) is 6.20. The molecule has 0 aliphatic heterocycles. The standard InChI is InChI=1S/C24H25ClO2/c1-18-14-20(12-13-23(18)25)24(2,3)17-26-16-19-8-7-11-22(15-19)27-21-9-5-4-6-10-21/h4-15H,16-17H2,1-3H3. The van der Waals surface area contributed by atoms with Crippen molar-refractivity contribution >= 4 is 11.6 Å². The molecule has 0 unspecified atom stereocenters. The van der Waals surface area contributed by atoms with Crippen molar-refractivity contribution in [3.8, 4) is 11.5 Å². The van der Waals surface area contributed by atoms with Gasteiger partial charge in [0, 0.05) is 10.4 Å². The number of hydrogen-bond donors (Lipinski definition) is 0. The summed E-state index contributed by atoms with van der Waals surface area (Å²) in [5.74, 6) is 1.64. The molecule has 3 aromatic rings. The van der Waals surface area contributed by atoms with Gasteiger partial charge in [-0.2, -0.15) is 0 Å². The molecule has 0 aliphatic carbocycles. The van der Waals surface area contributed by atoms with Crippen molar-refractivity contribution in [2.45, 2.75) is 32.8 Å². The average molecular weight is 381 g/mol. The number of halogens is 1. The van der Waals surface area contributed by atoms with Crippen molar-refractivity contribution in [2.75, 3.05) is 6.61 Å². The summed E-state index contributed by atoms with van der Waals surface area (Å²) in [5, 5.41) is 0.797. The zero-order chi connectivity index (χ0) is 19.3. The van der Waals surface area contributed by atoms with E-state index in [1.165, 1.54) is 5.56 Å². The lowest BCUT2D eigenvalue weighted by Gasteiger charge is -2.26. The third-order valence-electron chi connectivity index (χ3n) is 4.55. The molecule has 3 heteroatoms. The van der Waals surface area contributed by atoms with Crippen LogP contribution in [0, 0.1) is 6.92 Å². The van der Waals surface area contributed by atoms with Gasteiger partial charge in [-0.1, -0.05) is 67.9 Å². The molecule has 0 amide bonds. The average Bonchev–Trinajstić information content (AvgIpc) is 2.65. The minimum absolute atomic E-state index is 0.0898. The molecule has 0 heterocycles. The van der Waals surface area contributed by atoms with Crippen molar-refractivity contribution < 1.29 is 9.47 Å². The summed E-state index contributed by atoms with van der Waals surface area (Å²) < 4.78 is 11.9. The van der Waals surface area contributed by atoms with Crippen LogP contribution in [0.3, 0.4) is 0 Å². The van der Waals surface area contributed by atoms with E-state index < -0.39 is 0 Å². The first-order valence-corrected chi connectivity index (χ1v) is 9.48. The van der Waals surface area contributed by atoms with E-state index in [2.05, 4.69) is 32.0 Å². The van der Waals surface area contributed by atoms with Gasteiger partial charge in [0.2, 0.25) is 0 Å². The van der Waals surface area contributed by atoms with Gasteiger partial charge in [0.05, 0.1) is 13.2 Å². The van der Waals surface area contributed by atoms with E-state index in [9.17, 15) is 0 Å². The predicted molar refractivity (Wildman–Crippen MR) is 112 cm³/mol. The van der Waals surface area contributed by atoms with Gasteiger partial charge in [-0.05, 0) is 53.9 Å². The van der Waals surface area contributed by atoms with Crippen molar-refractivity contribution in [1.29, 1.82) is 0 Å². The van der Waals surface area contributed by atoms with Crippen LogP contribution in [0.25, 0.3) is 0 Å². The molecule has 140 valence electrons. The maximum Gasteiger partial charge on any atom is 0.127 e. The van der Waals surface area contributed by atoms with Crippen LogP contribution in [0.1, 0.15) is 30.5 Å². The summed E-state index contributed by atoms with van der Waals surface area (Å²) in [6, 6.07) is 24.0. The highest BCUT2D eigenvalue weighted by Gasteiger charge is 2.21. The highest BCUT2D eigenvalue weighted by Crippen LogP contribution is 2.28. The Labute approximate surface area is 166 Å². The Morgan fingerprint density at radius 3 is 2.33 bits per heavy atom. The SMILES string of the molecule is Cc1cc(C(C)(C)COCc2cccc(Oc3ccccc3)c2)ccc1Cl. The minimum Gasteiger partial charge on any atom is -0.457 e. The zero-order valence-electron chi connectivity index (χ0n) is 16.0. The Morgan fingerprint density at radius 1 is 0.852 bits per heavy atom. The van der Waals surface area contributed by atoms with Gasteiger partial charge in [0.15, 0.2) is 0 Å². The van der Waals surface area contributed by atoms with Crippen molar-refractivity contribution in [3.05, 3.63) is 94.5 Å². The molecule has 0 radical (unpaired) electrons. The number of ether oxygens (including phenoxy) is 2. The van der Waals surface area contributed by atoms with E-state index in [0.29, 0.717) is 13.2 Å². The van der Waals surface area contributed by atoms with Gasteiger partial charge in [-0.15, -0.1) is 0 Å². The summed E-state index contributed by atoms with van der Waals surface area (Å²) in [4.78, 5) is 0. The van der Waals surface area contributed by atoms with Crippen molar-refractivity contribution in [3.63, 3.8) is 0 Å². The maximum atomic E-state index is 6.14. The number of rotatable bonds is 7.